The van der Waals surface area contributed by atoms with Gasteiger partial charge in [0.25, 0.3) is 5.91 Å². The molecule has 0 radical (unpaired) electrons. The second kappa shape index (κ2) is 5.66. The molecule has 1 amide bonds. The Morgan fingerprint density at radius 1 is 1.10 bits per heavy atom. The fourth-order valence-electron chi connectivity index (χ4n) is 1.81. The number of hydrazine groups is 1. The Kier molecular flexibility index (Phi) is 3.95. The smallest absolute Gasteiger partial charge is 0.268 e. The largest absolute Gasteiger partial charge is 0.496 e. The number of hydrogen-bond donors (Lipinski definition) is 2. The van der Waals surface area contributed by atoms with E-state index in [0.717, 1.165) is 12.1 Å². The van der Waals surface area contributed by atoms with Crippen molar-refractivity contribution in [2.75, 3.05) is 7.11 Å². The predicted molar refractivity (Wildman–Crippen MR) is 70.0 cm³/mol. The number of amides is 1. The van der Waals surface area contributed by atoms with Crippen molar-refractivity contribution in [3.63, 3.8) is 0 Å². The van der Waals surface area contributed by atoms with Gasteiger partial charge in [-0.15, -0.1) is 0 Å². The van der Waals surface area contributed by atoms with Gasteiger partial charge in [-0.25, -0.2) is 14.6 Å². The first kappa shape index (κ1) is 14.0. The molecule has 0 saturated heterocycles. The van der Waals surface area contributed by atoms with Gasteiger partial charge in [0.1, 0.15) is 5.75 Å². The fourth-order valence-corrected chi connectivity index (χ4v) is 1.81. The van der Waals surface area contributed by atoms with Crippen LogP contribution in [0.2, 0.25) is 0 Å². The lowest BCUT2D eigenvalue weighted by Crippen LogP contribution is -2.30. The van der Waals surface area contributed by atoms with Crippen LogP contribution in [0.4, 0.5) is 8.78 Å². The van der Waals surface area contributed by atoms with Gasteiger partial charge in [-0.05, 0) is 35.4 Å². The Morgan fingerprint density at radius 3 is 2.35 bits per heavy atom. The maximum absolute atomic E-state index is 13.2. The van der Waals surface area contributed by atoms with Gasteiger partial charge in [0, 0.05) is 0 Å². The highest BCUT2D eigenvalue weighted by Crippen LogP contribution is 2.28. The minimum absolute atomic E-state index is 0.251. The number of ether oxygens (including phenoxy) is 1. The van der Waals surface area contributed by atoms with E-state index in [-0.39, 0.29) is 11.3 Å². The molecule has 0 heterocycles. The SMILES string of the molecule is COc1cc(-c2ccc(F)c(F)c2)ccc1C(=O)NN. The molecular weight excluding hydrogens is 266 g/mol. The number of methoxy groups -OCH3 is 1. The van der Waals surface area contributed by atoms with E-state index in [9.17, 15) is 13.6 Å². The average Bonchev–Trinajstić information content (AvgIpc) is 2.48. The summed E-state index contributed by atoms with van der Waals surface area (Å²) in [5, 5.41) is 0. The van der Waals surface area contributed by atoms with E-state index in [1.807, 2.05) is 5.43 Å². The van der Waals surface area contributed by atoms with Gasteiger partial charge in [0.05, 0.1) is 12.7 Å². The highest BCUT2D eigenvalue weighted by molar-refractivity contribution is 5.97. The van der Waals surface area contributed by atoms with Crippen LogP contribution in [-0.2, 0) is 0 Å². The van der Waals surface area contributed by atoms with Gasteiger partial charge in [0.15, 0.2) is 11.6 Å². The fraction of sp³-hybridized carbons (Fsp3) is 0.0714. The number of carbonyl (C=O) groups is 1. The molecule has 0 aromatic heterocycles. The topological polar surface area (TPSA) is 64.3 Å². The summed E-state index contributed by atoms with van der Waals surface area (Å²) >= 11 is 0. The zero-order chi connectivity index (χ0) is 14.7. The predicted octanol–water partition coefficient (Wildman–Crippen LogP) is 2.24. The van der Waals surface area contributed by atoms with E-state index < -0.39 is 17.5 Å². The number of hydrogen-bond acceptors (Lipinski definition) is 3. The Hall–Kier alpha value is -2.47. The summed E-state index contributed by atoms with van der Waals surface area (Å²) in [6, 6.07) is 8.20. The third-order valence-electron chi connectivity index (χ3n) is 2.83. The molecule has 2 aromatic carbocycles. The molecule has 0 atom stereocenters. The third kappa shape index (κ3) is 2.60. The Bertz CT molecular complexity index is 660. The number of rotatable bonds is 3. The number of benzene rings is 2. The van der Waals surface area contributed by atoms with Crippen molar-refractivity contribution in [1.82, 2.24) is 5.43 Å². The maximum atomic E-state index is 13.2. The van der Waals surface area contributed by atoms with E-state index in [1.54, 1.807) is 12.1 Å². The first-order valence-electron chi connectivity index (χ1n) is 5.71. The van der Waals surface area contributed by atoms with Crippen molar-refractivity contribution in [2.24, 2.45) is 5.84 Å². The second-order valence-corrected chi connectivity index (χ2v) is 4.02. The molecule has 0 aliphatic heterocycles. The molecule has 0 saturated carbocycles. The normalized spacial score (nSPS) is 10.2. The molecule has 3 N–H and O–H groups in total. The molecule has 2 aromatic rings. The quantitative estimate of drug-likeness (QED) is 0.514. The van der Waals surface area contributed by atoms with Crippen molar-refractivity contribution >= 4 is 5.91 Å². The lowest BCUT2D eigenvalue weighted by Gasteiger charge is -2.10. The monoisotopic (exact) mass is 278 g/mol. The molecule has 104 valence electrons. The molecule has 2 rings (SSSR count). The molecule has 0 aliphatic rings. The van der Waals surface area contributed by atoms with Crippen LogP contribution >= 0.6 is 0 Å². The summed E-state index contributed by atoms with van der Waals surface area (Å²) < 4.78 is 31.2. The van der Waals surface area contributed by atoms with Gasteiger partial charge in [0.2, 0.25) is 0 Å². The van der Waals surface area contributed by atoms with Crippen LogP contribution in [-0.4, -0.2) is 13.0 Å². The standard InChI is InChI=1S/C14H12F2N2O2/c1-20-13-7-9(2-4-10(13)14(19)18-17)8-3-5-11(15)12(16)6-8/h2-7H,17H2,1H3,(H,18,19). The van der Waals surface area contributed by atoms with Gasteiger partial charge in [-0.2, -0.15) is 0 Å². The van der Waals surface area contributed by atoms with E-state index in [4.69, 9.17) is 10.6 Å². The first-order chi connectivity index (χ1) is 9.56. The molecule has 4 nitrogen and oxygen atoms in total. The molecule has 0 spiro atoms. The minimum Gasteiger partial charge on any atom is -0.496 e. The summed E-state index contributed by atoms with van der Waals surface area (Å²) in [6.45, 7) is 0. The van der Waals surface area contributed by atoms with Gasteiger partial charge < -0.3 is 4.74 Å². The average molecular weight is 278 g/mol. The number of nitrogen functional groups attached to an aromatic ring is 1. The lowest BCUT2D eigenvalue weighted by atomic mass is 10.0. The number of nitrogens with two attached hydrogens (primary N) is 1. The van der Waals surface area contributed by atoms with Crippen molar-refractivity contribution in [3.05, 3.63) is 53.6 Å². The van der Waals surface area contributed by atoms with Crippen LogP contribution in [0.25, 0.3) is 11.1 Å². The number of carbonyl (C=O) groups excluding carboxylic acids is 1. The molecular formula is C14H12F2N2O2. The minimum atomic E-state index is -0.940. The zero-order valence-corrected chi connectivity index (χ0v) is 10.6. The van der Waals surface area contributed by atoms with Crippen molar-refractivity contribution in [2.45, 2.75) is 0 Å². The maximum Gasteiger partial charge on any atom is 0.268 e. The summed E-state index contributed by atoms with van der Waals surface area (Å²) in [6.07, 6.45) is 0. The third-order valence-corrected chi connectivity index (χ3v) is 2.83. The summed E-state index contributed by atoms with van der Waals surface area (Å²) in [7, 11) is 1.40. The van der Waals surface area contributed by atoms with E-state index in [2.05, 4.69) is 0 Å². The zero-order valence-electron chi connectivity index (χ0n) is 10.6. The van der Waals surface area contributed by atoms with E-state index in [0.29, 0.717) is 11.1 Å². The molecule has 0 aliphatic carbocycles. The number of nitrogens with one attached hydrogen (secondary N) is 1. The van der Waals surface area contributed by atoms with Crippen LogP contribution in [0.5, 0.6) is 5.75 Å². The first-order valence-corrected chi connectivity index (χ1v) is 5.71. The molecule has 0 unspecified atom stereocenters. The van der Waals surface area contributed by atoms with Crippen LogP contribution in [0.1, 0.15) is 10.4 Å². The van der Waals surface area contributed by atoms with Gasteiger partial charge in [-0.1, -0.05) is 12.1 Å². The van der Waals surface area contributed by atoms with Crippen molar-refractivity contribution in [1.29, 1.82) is 0 Å². The van der Waals surface area contributed by atoms with E-state index >= 15 is 0 Å². The van der Waals surface area contributed by atoms with Crippen LogP contribution in [0.15, 0.2) is 36.4 Å². The Morgan fingerprint density at radius 2 is 1.75 bits per heavy atom. The highest BCUT2D eigenvalue weighted by atomic mass is 19.2. The van der Waals surface area contributed by atoms with Gasteiger partial charge >= 0.3 is 0 Å². The highest BCUT2D eigenvalue weighted by Gasteiger charge is 2.13. The molecule has 6 heteroatoms. The summed E-state index contributed by atoms with van der Waals surface area (Å²) in [5.74, 6) is 3.00. The molecule has 20 heavy (non-hydrogen) atoms. The van der Waals surface area contributed by atoms with Gasteiger partial charge in [-0.3, -0.25) is 10.2 Å². The molecule has 0 bridgehead atoms. The lowest BCUT2D eigenvalue weighted by molar-refractivity contribution is 0.0950. The van der Waals surface area contributed by atoms with Crippen molar-refractivity contribution in [3.8, 4) is 16.9 Å². The van der Waals surface area contributed by atoms with Crippen LogP contribution in [0, 0.1) is 11.6 Å². The van der Waals surface area contributed by atoms with E-state index in [1.165, 1.54) is 19.2 Å². The summed E-state index contributed by atoms with van der Waals surface area (Å²) in [4.78, 5) is 11.5. The summed E-state index contributed by atoms with van der Waals surface area (Å²) in [5.41, 5.74) is 3.32. The van der Waals surface area contributed by atoms with Crippen LogP contribution in [0.3, 0.4) is 0 Å². The molecule has 0 fully saturated rings. The Labute approximate surface area is 114 Å². The number of halogens is 2. The Balaban J connectivity index is 2.48. The second-order valence-electron chi connectivity index (χ2n) is 4.02. The van der Waals surface area contributed by atoms with Crippen molar-refractivity contribution < 1.29 is 18.3 Å². The van der Waals surface area contributed by atoms with Crippen LogP contribution < -0.4 is 16.0 Å².